The van der Waals surface area contributed by atoms with E-state index in [1.165, 1.54) is 15.5 Å². The van der Waals surface area contributed by atoms with E-state index in [4.69, 9.17) is 0 Å². The number of carbonyl (C=O) groups is 1. The van der Waals surface area contributed by atoms with Gasteiger partial charge in [0.25, 0.3) is 11.5 Å². The van der Waals surface area contributed by atoms with Crippen molar-refractivity contribution in [1.82, 2.24) is 23.8 Å². The Morgan fingerprint density at radius 1 is 1.30 bits per heavy atom. The van der Waals surface area contributed by atoms with Crippen molar-refractivity contribution < 1.29 is 4.79 Å². The Balaban J connectivity index is 1.98. The zero-order valence-corrected chi connectivity index (χ0v) is 13.2. The molecule has 0 aliphatic heterocycles. The van der Waals surface area contributed by atoms with E-state index in [1.54, 1.807) is 19.3 Å². The van der Waals surface area contributed by atoms with E-state index in [2.05, 4.69) is 9.97 Å². The molecule has 0 N–H and O–H groups in total. The molecule has 0 saturated heterocycles. The number of rotatable bonds is 3. The Morgan fingerprint density at radius 3 is 2.78 bits per heavy atom. The van der Waals surface area contributed by atoms with Crippen molar-refractivity contribution in [1.29, 1.82) is 0 Å². The highest BCUT2D eigenvalue weighted by atomic mass is 16.2. The first-order chi connectivity index (χ1) is 11.0. The second-order valence-electron chi connectivity index (χ2n) is 5.45. The third-order valence-electron chi connectivity index (χ3n) is 3.80. The largest absolute Gasteiger partial charge is 0.337 e. The number of nitrogens with zero attached hydrogens (tertiary/aromatic N) is 5. The topological polar surface area (TPSA) is 72.5 Å². The molecule has 3 aromatic heterocycles. The van der Waals surface area contributed by atoms with Crippen LogP contribution in [0.1, 0.15) is 21.9 Å². The molecule has 0 radical (unpaired) electrons. The molecule has 7 nitrogen and oxygen atoms in total. The summed E-state index contributed by atoms with van der Waals surface area (Å²) >= 11 is 0. The van der Waals surface area contributed by atoms with E-state index in [9.17, 15) is 9.59 Å². The average molecular weight is 311 g/mol. The van der Waals surface area contributed by atoms with Crippen LogP contribution in [-0.2, 0) is 13.6 Å². The quantitative estimate of drug-likeness (QED) is 0.723. The summed E-state index contributed by atoms with van der Waals surface area (Å²) in [4.78, 5) is 35.1. The zero-order valence-electron chi connectivity index (χ0n) is 13.2. The number of fused-ring (bicyclic) bond motifs is 1. The van der Waals surface area contributed by atoms with Gasteiger partial charge in [-0.3, -0.25) is 14.0 Å². The molecule has 0 bridgehead atoms. The van der Waals surface area contributed by atoms with Crippen molar-refractivity contribution in [2.24, 2.45) is 7.05 Å². The molecule has 0 aliphatic carbocycles. The Hall–Kier alpha value is -2.96. The molecule has 23 heavy (non-hydrogen) atoms. The lowest BCUT2D eigenvalue weighted by atomic mass is 10.2. The molecule has 0 atom stereocenters. The first-order valence-corrected chi connectivity index (χ1v) is 7.18. The summed E-state index contributed by atoms with van der Waals surface area (Å²) in [6.07, 6.45) is 4.82. The fraction of sp³-hybridized carbons (Fsp3) is 0.250. The van der Waals surface area contributed by atoms with Crippen LogP contribution < -0.4 is 5.56 Å². The lowest BCUT2D eigenvalue weighted by Gasteiger charge is -2.17. The van der Waals surface area contributed by atoms with Crippen molar-refractivity contribution >= 4 is 11.6 Å². The van der Waals surface area contributed by atoms with E-state index >= 15 is 0 Å². The first kappa shape index (κ1) is 15.0. The van der Waals surface area contributed by atoms with Crippen LogP contribution in [0.15, 0.2) is 41.6 Å². The zero-order chi connectivity index (χ0) is 16.6. The Morgan fingerprint density at radius 2 is 2.09 bits per heavy atom. The number of pyridine rings is 1. The summed E-state index contributed by atoms with van der Waals surface area (Å²) < 4.78 is 3.28. The third-order valence-corrected chi connectivity index (χ3v) is 3.80. The molecule has 0 unspecified atom stereocenters. The normalized spacial score (nSPS) is 10.9. The fourth-order valence-corrected chi connectivity index (χ4v) is 2.46. The van der Waals surface area contributed by atoms with Gasteiger partial charge in [-0.2, -0.15) is 0 Å². The molecule has 0 aliphatic rings. The number of imidazole rings is 1. The van der Waals surface area contributed by atoms with Gasteiger partial charge in [-0.15, -0.1) is 0 Å². The molecular weight excluding hydrogens is 294 g/mol. The smallest absolute Gasteiger partial charge is 0.270 e. The van der Waals surface area contributed by atoms with Crippen LogP contribution in [0.25, 0.3) is 5.65 Å². The number of carbonyl (C=O) groups excluding carboxylic acids is 1. The number of hydrogen-bond donors (Lipinski definition) is 0. The van der Waals surface area contributed by atoms with Crippen LogP contribution in [0.3, 0.4) is 0 Å². The van der Waals surface area contributed by atoms with Gasteiger partial charge in [0.2, 0.25) is 0 Å². The maximum atomic E-state index is 12.6. The molecule has 118 valence electrons. The summed E-state index contributed by atoms with van der Waals surface area (Å²) in [6.45, 7) is 2.13. The molecule has 0 fully saturated rings. The number of amides is 1. The van der Waals surface area contributed by atoms with E-state index in [0.717, 1.165) is 11.5 Å². The van der Waals surface area contributed by atoms with Gasteiger partial charge in [-0.25, -0.2) is 9.97 Å². The summed E-state index contributed by atoms with van der Waals surface area (Å²) in [7, 11) is 3.50. The van der Waals surface area contributed by atoms with Crippen LogP contribution in [0.4, 0.5) is 0 Å². The van der Waals surface area contributed by atoms with Gasteiger partial charge < -0.3 is 9.47 Å². The standard InChI is InChI=1S/C16H17N5O2/c1-11-5-4-6-13-18-9-12(16(23)21(11)13)15(22)20(3)10-14-17-7-8-19(14)2/h4-9H,10H2,1-3H3. The van der Waals surface area contributed by atoms with Gasteiger partial charge in [0.15, 0.2) is 0 Å². The maximum Gasteiger partial charge on any atom is 0.270 e. The molecule has 0 aromatic carbocycles. The molecule has 3 heterocycles. The minimum atomic E-state index is -0.372. The van der Waals surface area contributed by atoms with Crippen LogP contribution in [-0.4, -0.2) is 36.8 Å². The van der Waals surface area contributed by atoms with Gasteiger partial charge in [0, 0.05) is 38.4 Å². The highest BCUT2D eigenvalue weighted by molar-refractivity contribution is 5.93. The first-order valence-electron chi connectivity index (χ1n) is 7.18. The van der Waals surface area contributed by atoms with E-state index in [-0.39, 0.29) is 17.0 Å². The van der Waals surface area contributed by atoms with Crippen molar-refractivity contribution in [3.8, 4) is 0 Å². The molecular formula is C16H17N5O2. The van der Waals surface area contributed by atoms with Crippen LogP contribution >= 0.6 is 0 Å². The second-order valence-corrected chi connectivity index (χ2v) is 5.45. The monoisotopic (exact) mass is 311 g/mol. The maximum absolute atomic E-state index is 12.6. The molecule has 3 aromatic rings. The highest BCUT2D eigenvalue weighted by Crippen LogP contribution is 2.06. The summed E-state index contributed by atoms with van der Waals surface area (Å²) in [6, 6.07) is 5.37. The minimum absolute atomic E-state index is 0.0495. The summed E-state index contributed by atoms with van der Waals surface area (Å²) in [5.74, 6) is 0.369. The SMILES string of the molecule is Cc1cccc2ncc(C(=O)N(C)Cc3nccn3C)c(=O)n12. The Kier molecular flexibility index (Phi) is 3.69. The van der Waals surface area contributed by atoms with Gasteiger partial charge in [-0.1, -0.05) is 6.07 Å². The van der Waals surface area contributed by atoms with Crippen molar-refractivity contribution in [3.63, 3.8) is 0 Å². The lowest BCUT2D eigenvalue weighted by Crippen LogP contribution is -2.34. The predicted molar refractivity (Wildman–Crippen MR) is 85.2 cm³/mol. The molecule has 3 rings (SSSR count). The van der Waals surface area contributed by atoms with Crippen LogP contribution in [0, 0.1) is 6.92 Å². The number of aryl methyl sites for hydroxylation is 2. The van der Waals surface area contributed by atoms with Gasteiger partial charge >= 0.3 is 0 Å². The van der Waals surface area contributed by atoms with Gasteiger partial charge in [0.1, 0.15) is 17.0 Å². The van der Waals surface area contributed by atoms with Crippen LogP contribution in [0.2, 0.25) is 0 Å². The number of hydrogen-bond acceptors (Lipinski definition) is 4. The van der Waals surface area contributed by atoms with Gasteiger partial charge in [0.05, 0.1) is 6.54 Å². The minimum Gasteiger partial charge on any atom is -0.337 e. The lowest BCUT2D eigenvalue weighted by molar-refractivity contribution is 0.0778. The number of aromatic nitrogens is 4. The second kappa shape index (κ2) is 5.68. The molecule has 0 saturated carbocycles. The molecule has 1 amide bonds. The molecule has 7 heteroatoms. The van der Waals surface area contributed by atoms with E-state index in [0.29, 0.717) is 12.2 Å². The highest BCUT2D eigenvalue weighted by Gasteiger charge is 2.19. The Labute approximate surface area is 132 Å². The van der Waals surface area contributed by atoms with Gasteiger partial charge in [-0.05, 0) is 19.1 Å². The summed E-state index contributed by atoms with van der Waals surface area (Å²) in [5.41, 5.74) is 0.956. The van der Waals surface area contributed by atoms with E-state index in [1.807, 2.05) is 36.9 Å². The average Bonchev–Trinajstić information content (AvgIpc) is 2.92. The Bertz CT molecular complexity index is 941. The van der Waals surface area contributed by atoms with E-state index < -0.39 is 0 Å². The van der Waals surface area contributed by atoms with Crippen molar-refractivity contribution in [2.45, 2.75) is 13.5 Å². The summed E-state index contributed by atoms with van der Waals surface area (Å²) in [5, 5.41) is 0. The fourth-order valence-electron chi connectivity index (χ4n) is 2.46. The molecule has 0 spiro atoms. The van der Waals surface area contributed by atoms with Crippen molar-refractivity contribution in [3.05, 3.63) is 64.2 Å². The van der Waals surface area contributed by atoms with Crippen molar-refractivity contribution in [2.75, 3.05) is 7.05 Å². The third kappa shape index (κ3) is 2.61. The van der Waals surface area contributed by atoms with Crippen LogP contribution in [0.5, 0.6) is 0 Å². The predicted octanol–water partition coefficient (Wildman–Crippen LogP) is 1.01.